The molecule has 2 aromatic carbocycles. The first-order valence-electron chi connectivity index (χ1n) is 6.66. The molecular formula is C15H14Cl3NO3S. The zero-order chi connectivity index (χ0) is 16.9. The Morgan fingerprint density at radius 1 is 1.00 bits per heavy atom. The number of hydrogen-bond acceptors (Lipinski definition) is 3. The first kappa shape index (κ1) is 18.4. The second kappa shape index (κ2) is 8.22. The van der Waals surface area contributed by atoms with Crippen LogP contribution in [0.3, 0.4) is 0 Å². The van der Waals surface area contributed by atoms with Crippen molar-refractivity contribution >= 4 is 44.8 Å². The smallest absolute Gasteiger partial charge is 0.215 e. The van der Waals surface area contributed by atoms with Crippen molar-refractivity contribution in [3.63, 3.8) is 0 Å². The Bertz CT molecular complexity index is 781. The minimum atomic E-state index is -3.53. The van der Waals surface area contributed by atoms with Gasteiger partial charge in [0.25, 0.3) is 0 Å². The maximum absolute atomic E-state index is 12.0. The summed E-state index contributed by atoms with van der Waals surface area (Å²) >= 11 is 17.7. The lowest BCUT2D eigenvalue weighted by molar-refractivity contribution is 0.323. The molecule has 1 N–H and O–H groups in total. The van der Waals surface area contributed by atoms with Gasteiger partial charge in [-0.05, 0) is 29.8 Å². The predicted molar refractivity (Wildman–Crippen MR) is 94.0 cm³/mol. The lowest BCUT2D eigenvalue weighted by Crippen LogP contribution is -2.29. The van der Waals surface area contributed by atoms with E-state index in [1.54, 1.807) is 36.4 Å². The van der Waals surface area contributed by atoms with Crippen LogP contribution >= 0.6 is 34.8 Å². The van der Waals surface area contributed by atoms with Crippen LogP contribution in [0.5, 0.6) is 5.75 Å². The van der Waals surface area contributed by atoms with Crippen molar-refractivity contribution < 1.29 is 13.2 Å². The first-order valence-corrected chi connectivity index (χ1v) is 9.44. The van der Waals surface area contributed by atoms with Crippen LogP contribution in [-0.2, 0) is 15.8 Å². The van der Waals surface area contributed by atoms with E-state index < -0.39 is 10.0 Å². The molecule has 0 saturated heterocycles. The summed E-state index contributed by atoms with van der Waals surface area (Å²) < 4.78 is 31.9. The molecule has 0 aliphatic rings. The molecule has 0 unspecified atom stereocenters. The van der Waals surface area contributed by atoms with Gasteiger partial charge in [0.2, 0.25) is 10.0 Å². The molecule has 0 aliphatic heterocycles. The van der Waals surface area contributed by atoms with Crippen molar-refractivity contribution in [3.8, 4) is 5.75 Å². The minimum Gasteiger partial charge on any atom is -0.491 e. The zero-order valence-corrected chi connectivity index (χ0v) is 15.0. The minimum absolute atomic E-state index is 0.124. The molecular weight excluding hydrogens is 381 g/mol. The van der Waals surface area contributed by atoms with E-state index >= 15 is 0 Å². The van der Waals surface area contributed by atoms with Crippen LogP contribution in [0, 0.1) is 0 Å². The van der Waals surface area contributed by atoms with Gasteiger partial charge in [-0.25, -0.2) is 13.1 Å². The maximum Gasteiger partial charge on any atom is 0.215 e. The van der Waals surface area contributed by atoms with Crippen LogP contribution in [0.2, 0.25) is 15.1 Å². The molecule has 2 rings (SSSR count). The summed E-state index contributed by atoms with van der Waals surface area (Å²) in [5.74, 6) is 0.281. The molecule has 124 valence electrons. The van der Waals surface area contributed by atoms with Crippen LogP contribution in [-0.4, -0.2) is 21.6 Å². The molecule has 0 heterocycles. The second-order valence-corrected chi connectivity index (χ2v) is 7.73. The molecule has 0 spiro atoms. The molecule has 4 nitrogen and oxygen atoms in total. The molecule has 0 aliphatic carbocycles. The second-order valence-electron chi connectivity index (χ2n) is 4.67. The van der Waals surface area contributed by atoms with Gasteiger partial charge >= 0.3 is 0 Å². The third-order valence-electron chi connectivity index (χ3n) is 2.88. The lowest BCUT2D eigenvalue weighted by atomic mass is 10.2. The topological polar surface area (TPSA) is 55.4 Å². The highest BCUT2D eigenvalue weighted by Gasteiger charge is 2.14. The fourth-order valence-corrected chi connectivity index (χ4v) is 3.72. The molecule has 0 radical (unpaired) electrons. The highest BCUT2D eigenvalue weighted by Crippen LogP contribution is 2.23. The molecule has 23 heavy (non-hydrogen) atoms. The van der Waals surface area contributed by atoms with Crippen molar-refractivity contribution in [3.05, 3.63) is 63.1 Å². The summed E-state index contributed by atoms with van der Waals surface area (Å²) in [6.45, 7) is 0.288. The standard InChI is InChI=1S/C15H14Cl3NO3S/c16-12-6-5-11(14(18)9-12)10-23(20,21)19-7-8-22-15-4-2-1-3-13(15)17/h1-6,9,19H,7-8,10H2. The Labute approximate surface area is 150 Å². The summed E-state index contributed by atoms with van der Waals surface area (Å²) in [5, 5.41) is 1.25. The Morgan fingerprint density at radius 2 is 1.74 bits per heavy atom. The van der Waals surface area contributed by atoms with Crippen molar-refractivity contribution in [2.45, 2.75) is 5.75 Å². The van der Waals surface area contributed by atoms with E-state index in [1.807, 2.05) is 0 Å². The van der Waals surface area contributed by atoms with E-state index in [4.69, 9.17) is 39.5 Å². The Morgan fingerprint density at radius 3 is 2.43 bits per heavy atom. The maximum atomic E-state index is 12.0. The van der Waals surface area contributed by atoms with E-state index in [0.29, 0.717) is 26.4 Å². The summed E-state index contributed by atoms with van der Waals surface area (Å²) in [4.78, 5) is 0. The van der Waals surface area contributed by atoms with Gasteiger partial charge in [0.1, 0.15) is 12.4 Å². The summed E-state index contributed by atoms with van der Waals surface area (Å²) in [6.07, 6.45) is 0. The largest absolute Gasteiger partial charge is 0.491 e. The van der Waals surface area contributed by atoms with E-state index in [-0.39, 0.29) is 18.9 Å². The average Bonchev–Trinajstić information content (AvgIpc) is 2.48. The first-order chi connectivity index (χ1) is 10.9. The fraction of sp³-hybridized carbons (Fsp3) is 0.200. The highest BCUT2D eigenvalue weighted by atomic mass is 35.5. The van der Waals surface area contributed by atoms with Gasteiger partial charge in [-0.15, -0.1) is 0 Å². The number of benzene rings is 2. The van der Waals surface area contributed by atoms with Crippen molar-refractivity contribution in [1.82, 2.24) is 4.72 Å². The summed E-state index contributed by atoms with van der Waals surface area (Å²) in [7, 11) is -3.53. The Hall–Kier alpha value is -0.980. The number of halogens is 3. The third-order valence-corrected chi connectivity index (χ3v) is 5.11. The van der Waals surface area contributed by atoms with E-state index in [1.165, 1.54) is 6.07 Å². The fourth-order valence-electron chi connectivity index (χ4n) is 1.81. The van der Waals surface area contributed by atoms with Gasteiger partial charge in [0.05, 0.1) is 10.8 Å². The molecule has 0 amide bonds. The molecule has 0 atom stereocenters. The highest BCUT2D eigenvalue weighted by molar-refractivity contribution is 7.88. The lowest BCUT2D eigenvalue weighted by Gasteiger charge is -2.10. The number of sulfonamides is 1. The molecule has 0 fully saturated rings. The predicted octanol–water partition coefficient (Wildman–Crippen LogP) is 4.15. The Balaban J connectivity index is 1.86. The van der Waals surface area contributed by atoms with Crippen molar-refractivity contribution in [2.75, 3.05) is 13.2 Å². The SMILES string of the molecule is O=S(=O)(Cc1ccc(Cl)cc1Cl)NCCOc1ccccc1Cl. The quantitative estimate of drug-likeness (QED) is 0.718. The average molecular weight is 395 g/mol. The third kappa shape index (κ3) is 5.86. The monoisotopic (exact) mass is 393 g/mol. The van der Waals surface area contributed by atoms with Crippen LogP contribution in [0.1, 0.15) is 5.56 Å². The number of rotatable bonds is 7. The normalized spacial score (nSPS) is 11.4. The van der Waals surface area contributed by atoms with E-state index in [9.17, 15) is 8.42 Å². The van der Waals surface area contributed by atoms with Crippen LogP contribution < -0.4 is 9.46 Å². The number of hydrogen-bond donors (Lipinski definition) is 1. The van der Waals surface area contributed by atoms with Crippen LogP contribution in [0.4, 0.5) is 0 Å². The van der Waals surface area contributed by atoms with Crippen LogP contribution in [0.25, 0.3) is 0 Å². The van der Waals surface area contributed by atoms with Gasteiger partial charge in [-0.1, -0.05) is 53.0 Å². The summed E-state index contributed by atoms with van der Waals surface area (Å²) in [6, 6.07) is 11.7. The molecule has 0 aromatic heterocycles. The number of ether oxygens (including phenoxy) is 1. The molecule has 0 bridgehead atoms. The van der Waals surface area contributed by atoms with E-state index in [2.05, 4.69) is 4.72 Å². The van der Waals surface area contributed by atoms with Crippen molar-refractivity contribution in [1.29, 1.82) is 0 Å². The number of para-hydroxylation sites is 1. The van der Waals surface area contributed by atoms with Gasteiger partial charge in [0, 0.05) is 16.6 Å². The Kier molecular flexibility index (Phi) is 6.56. The number of nitrogens with one attached hydrogen (secondary N) is 1. The van der Waals surface area contributed by atoms with E-state index in [0.717, 1.165) is 0 Å². The summed E-state index contributed by atoms with van der Waals surface area (Å²) in [5.41, 5.74) is 0.482. The van der Waals surface area contributed by atoms with Gasteiger partial charge in [-0.3, -0.25) is 0 Å². The molecule has 0 saturated carbocycles. The molecule has 8 heteroatoms. The van der Waals surface area contributed by atoms with Crippen LogP contribution in [0.15, 0.2) is 42.5 Å². The van der Waals surface area contributed by atoms with Gasteiger partial charge in [-0.2, -0.15) is 0 Å². The molecule has 2 aromatic rings. The van der Waals surface area contributed by atoms with Crippen molar-refractivity contribution in [2.24, 2.45) is 0 Å². The van der Waals surface area contributed by atoms with Gasteiger partial charge in [0.15, 0.2) is 0 Å². The zero-order valence-electron chi connectivity index (χ0n) is 11.9. The van der Waals surface area contributed by atoms with Gasteiger partial charge < -0.3 is 4.74 Å².